The first-order chi connectivity index (χ1) is 4.31. The minimum Gasteiger partial charge on any atom is -0.385 e. The van der Waals surface area contributed by atoms with Gasteiger partial charge < -0.3 is 16.2 Å². The number of nitrogens with two attached hydrogens (primary N) is 2. The van der Waals surface area contributed by atoms with Crippen LogP contribution in [0.2, 0.25) is 0 Å². The van der Waals surface area contributed by atoms with Gasteiger partial charge in [0, 0.05) is 19.8 Å². The lowest BCUT2D eigenvalue weighted by molar-refractivity contribution is 0.187. The van der Waals surface area contributed by atoms with Crippen molar-refractivity contribution in [3.8, 4) is 0 Å². The molecule has 0 aromatic rings. The van der Waals surface area contributed by atoms with Gasteiger partial charge >= 0.3 is 0 Å². The van der Waals surface area contributed by atoms with E-state index in [2.05, 4.69) is 0 Å². The summed E-state index contributed by atoms with van der Waals surface area (Å²) < 4.78 is 4.84. The average Bonchev–Trinajstić information content (AvgIpc) is 1.85. The van der Waals surface area contributed by atoms with E-state index < -0.39 is 0 Å². The van der Waals surface area contributed by atoms with Gasteiger partial charge in [0.2, 0.25) is 0 Å². The normalized spacial score (nSPS) is 13.7. The molecular weight excluding hydrogens is 116 g/mol. The molecule has 9 heavy (non-hydrogen) atoms. The van der Waals surface area contributed by atoms with Gasteiger partial charge in [-0.3, -0.25) is 0 Å². The van der Waals surface area contributed by atoms with Crippen molar-refractivity contribution in [2.75, 3.05) is 20.3 Å². The van der Waals surface area contributed by atoms with Crippen molar-refractivity contribution >= 4 is 0 Å². The predicted molar refractivity (Wildman–Crippen MR) is 38.1 cm³/mol. The fourth-order valence-electron chi connectivity index (χ4n) is 0.628. The van der Waals surface area contributed by atoms with Crippen molar-refractivity contribution in [1.82, 2.24) is 0 Å². The minimum absolute atomic E-state index is 0.218. The van der Waals surface area contributed by atoms with Gasteiger partial charge in [0.15, 0.2) is 0 Å². The smallest absolute Gasteiger partial charge is 0.0477 e. The Morgan fingerprint density at radius 2 is 2.11 bits per heavy atom. The van der Waals surface area contributed by atoms with E-state index in [1.807, 2.05) is 0 Å². The van der Waals surface area contributed by atoms with E-state index in [0.29, 0.717) is 6.54 Å². The zero-order valence-electron chi connectivity index (χ0n) is 5.97. The Morgan fingerprint density at radius 1 is 1.44 bits per heavy atom. The Hall–Kier alpha value is -0.120. The molecule has 3 heteroatoms. The fourth-order valence-corrected chi connectivity index (χ4v) is 0.628. The van der Waals surface area contributed by atoms with Crippen molar-refractivity contribution in [3.63, 3.8) is 0 Å². The third kappa shape index (κ3) is 5.76. The summed E-state index contributed by atoms with van der Waals surface area (Å²) in [4.78, 5) is 0. The quantitative estimate of drug-likeness (QED) is 0.540. The van der Waals surface area contributed by atoms with Gasteiger partial charge in [-0.2, -0.15) is 0 Å². The van der Waals surface area contributed by atoms with Crippen LogP contribution in [-0.2, 0) is 4.74 Å². The predicted octanol–water partition coefficient (Wildman–Crippen LogP) is -0.301. The first-order valence-electron chi connectivity index (χ1n) is 3.26. The standard InChI is InChI=1S/C6H16N2O/c1-9-5-3-6(8)2-4-7/h6H,2-5,7-8H2,1H3. The van der Waals surface area contributed by atoms with Crippen LogP contribution in [0.1, 0.15) is 12.8 Å². The molecule has 0 radical (unpaired) electrons. The third-order valence-corrected chi connectivity index (χ3v) is 1.23. The van der Waals surface area contributed by atoms with Crippen LogP contribution in [0.15, 0.2) is 0 Å². The summed E-state index contributed by atoms with van der Waals surface area (Å²) in [6, 6.07) is 0.218. The third-order valence-electron chi connectivity index (χ3n) is 1.23. The SMILES string of the molecule is COCCC(N)CCN. The topological polar surface area (TPSA) is 61.3 Å². The first kappa shape index (κ1) is 8.88. The van der Waals surface area contributed by atoms with Crippen LogP contribution in [0.25, 0.3) is 0 Å². The summed E-state index contributed by atoms with van der Waals surface area (Å²) in [5.74, 6) is 0. The van der Waals surface area contributed by atoms with Gasteiger partial charge in [-0.25, -0.2) is 0 Å². The second kappa shape index (κ2) is 6.01. The minimum atomic E-state index is 0.218. The van der Waals surface area contributed by atoms with Gasteiger partial charge in [-0.05, 0) is 19.4 Å². The Kier molecular flexibility index (Phi) is 5.93. The molecule has 56 valence electrons. The number of rotatable bonds is 5. The van der Waals surface area contributed by atoms with Gasteiger partial charge in [0.25, 0.3) is 0 Å². The summed E-state index contributed by atoms with van der Waals surface area (Å²) in [5, 5.41) is 0. The highest BCUT2D eigenvalue weighted by Gasteiger charge is 1.98. The molecule has 4 N–H and O–H groups in total. The molecule has 0 aliphatic rings. The maximum Gasteiger partial charge on any atom is 0.0477 e. The van der Waals surface area contributed by atoms with Gasteiger partial charge in [0.1, 0.15) is 0 Å². The van der Waals surface area contributed by atoms with E-state index in [0.717, 1.165) is 19.4 Å². The second-order valence-corrected chi connectivity index (χ2v) is 2.12. The summed E-state index contributed by atoms with van der Waals surface area (Å²) in [5.41, 5.74) is 10.9. The van der Waals surface area contributed by atoms with Gasteiger partial charge in [0.05, 0.1) is 0 Å². The molecule has 3 nitrogen and oxygen atoms in total. The van der Waals surface area contributed by atoms with Crippen molar-refractivity contribution in [2.45, 2.75) is 18.9 Å². The molecule has 0 rings (SSSR count). The maximum absolute atomic E-state index is 5.61. The van der Waals surface area contributed by atoms with Crippen molar-refractivity contribution in [3.05, 3.63) is 0 Å². The lowest BCUT2D eigenvalue weighted by Crippen LogP contribution is -2.24. The van der Waals surface area contributed by atoms with E-state index in [1.165, 1.54) is 0 Å². The summed E-state index contributed by atoms with van der Waals surface area (Å²) in [7, 11) is 1.68. The Bertz CT molecular complexity index is 59.0. The molecule has 0 saturated carbocycles. The molecule has 1 unspecified atom stereocenters. The zero-order valence-corrected chi connectivity index (χ0v) is 5.97. The molecule has 1 atom stereocenters. The largest absolute Gasteiger partial charge is 0.385 e. The number of ether oxygens (including phenoxy) is 1. The molecule has 0 aromatic carbocycles. The van der Waals surface area contributed by atoms with Crippen LogP contribution in [-0.4, -0.2) is 26.3 Å². The number of hydrogen-bond donors (Lipinski definition) is 2. The van der Waals surface area contributed by atoms with Crippen LogP contribution < -0.4 is 11.5 Å². The first-order valence-corrected chi connectivity index (χ1v) is 3.26. The Balaban J connectivity index is 2.95. The van der Waals surface area contributed by atoms with Crippen LogP contribution >= 0.6 is 0 Å². The highest BCUT2D eigenvalue weighted by molar-refractivity contribution is 4.59. The lowest BCUT2D eigenvalue weighted by Gasteiger charge is -2.07. The highest BCUT2D eigenvalue weighted by Crippen LogP contribution is 1.91. The lowest BCUT2D eigenvalue weighted by atomic mass is 10.2. The van der Waals surface area contributed by atoms with Crippen molar-refractivity contribution < 1.29 is 4.74 Å². The van der Waals surface area contributed by atoms with E-state index in [4.69, 9.17) is 16.2 Å². The molecule has 0 aromatic heterocycles. The van der Waals surface area contributed by atoms with Crippen LogP contribution in [0.5, 0.6) is 0 Å². The monoisotopic (exact) mass is 132 g/mol. The van der Waals surface area contributed by atoms with Crippen molar-refractivity contribution in [1.29, 1.82) is 0 Å². The van der Waals surface area contributed by atoms with Crippen molar-refractivity contribution in [2.24, 2.45) is 11.5 Å². The molecule has 0 saturated heterocycles. The van der Waals surface area contributed by atoms with E-state index in [9.17, 15) is 0 Å². The fraction of sp³-hybridized carbons (Fsp3) is 1.00. The molecular formula is C6H16N2O. The Morgan fingerprint density at radius 3 is 2.56 bits per heavy atom. The van der Waals surface area contributed by atoms with Crippen LogP contribution in [0, 0.1) is 0 Å². The summed E-state index contributed by atoms with van der Waals surface area (Å²) in [6.45, 7) is 1.41. The van der Waals surface area contributed by atoms with Crippen LogP contribution in [0.4, 0.5) is 0 Å². The molecule has 0 heterocycles. The van der Waals surface area contributed by atoms with Gasteiger partial charge in [-0.15, -0.1) is 0 Å². The van der Waals surface area contributed by atoms with Crippen LogP contribution in [0.3, 0.4) is 0 Å². The van der Waals surface area contributed by atoms with E-state index in [-0.39, 0.29) is 6.04 Å². The van der Waals surface area contributed by atoms with Gasteiger partial charge in [-0.1, -0.05) is 0 Å². The number of hydrogen-bond acceptors (Lipinski definition) is 3. The molecule has 0 fully saturated rings. The molecule has 0 bridgehead atoms. The number of methoxy groups -OCH3 is 1. The molecule has 0 aliphatic heterocycles. The molecule has 0 aliphatic carbocycles. The Labute approximate surface area is 56.4 Å². The summed E-state index contributed by atoms with van der Waals surface area (Å²) >= 11 is 0. The molecule has 0 spiro atoms. The highest BCUT2D eigenvalue weighted by atomic mass is 16.5. The molecule has 0 amide bonds. The second-order valence-electron chi connectivity index (χ2n) is 2.12. The zero-order chi connectivity index (χ0) is 7.11. The maximum atomic E-state index is 5.61. The van der Waals surface area contributed by atoms with E-state index in [1.54, 1.807) is 7.11 Å². The average molecular weight is 132 g/mol. The summed E-state index contributed by atoms with van der Waals surface area (Å²) in [6.07, 6.45) is 1.80. The van der Waals surface area contributed by atoms with E-state index >= 15 is 0 Å².